The number of carbonyl (C=O) groups is 2. The number of carbonyl (C=O) groups excluding carboxylic acids is 1. The summed E-state index contributed by atoms with van der Waals surface area (Å²) in [7, 11) is -2.50. The van der Waals surface area contributed by atoms with Crippen LogP contribution in [0.1, 0.15) is 22.8 Å². The molecule has 0 unspecified atom stereocenters. The summed E-state index contributed by atoms with van der Waals surface area (Å²) in [6, 6.07) is 13.0. The highest BCUT2D eigenvalue weighted by Crippen LogP contribution is 2.15. The second-order valence-electron chi connectivity index (χ2n) is 6.05. The average Bonchev–Trinajstić information content (AvgIpc) is 2.67. The quantitative estimate of drug-likeness (QED) is 0.715. The van der Waals surface area contributed by atoms with E-state index < -0.39 is 22.0 Å². The molecule has 1 amide bonds. The lowest BCUT2D eigenvalue weighted by Gasteiger charge is -2.17. The molecule has 27 heavy (non-hydrogen) atoms. The monoisotopic (exact) mass is 390 g/mol. The van der Waals surface area contributed by atoms with Gasteiger partial charge in [-0.05, 0) is 37.1 Å². The fourth-order valence-corrected chi connectivity index (χ4v) is 3.68. The van der Waals surface area contributed by atoms with E-state index in [1.54, 1.807) is 44.3 Å². The van der Waals surface area contributed by atoms with E-state index in [1.165, 1.54) is 29.2 Å². The van der Waals surface area contributed by atoms with Crippen molar-refractivity contribution < 1.29 is 23.1 Å². The van der Waals surface area contributed by atoms with Crippen LogP contribution in [0.4, 0.5) is 0 Å². The molecule has 0 heterocycles. The molecule has 8 heteroatoms. The van der Waals surface area contributed by atoms with E-state index >= 15 is 0 Å². The van der Waals surface area contributed by atoms with Crippen molar-refractivity contribution >= 4 is 21.9 Å². The van der Waals surface area contributed by atoms with Crippen LogP contribution in [0, 0.1) is 0 Å². The fourth-order valence-electron chi connectivity index (χ4n) is 2.44. The van der Waals surface area contributed by atoms with Crippen LogP contribution >= 0.6 is 0 Å². The summed E-state index contributed by atoms with van der Waals surface area (Å²) >= 11 is 0. The number of rotatable bonds is 8. The molecule has 1 atom stereocenters. The minimum Gasteiger partial charge on any atom is -0.480 e. The Morgan fingerprint density at radius 1 is 1.11 bits per heavy atom. The van der Waals surface area contributed by atoms with Gasteiger partial charge < -0.3 is 10.0 Å². The van der Waals surface area contributed by atoms with E-state index in [0.29, 0.717) is 12.1 Å². The van der Waals surface area contributed by atoms with Crippen LogP contribution in [0.15, 0.2) is 59.5 Å². The predicted octanol–water partition coefficient (Wildman–Crippen LogP) is 1.75. The second kappa shape index (κ2) is 8.79. The molecule has 0 spiro atoms. The summed E-state index contributed by atoms with van der Waals surface area (Å²) in [5.74, 6) is -1.59. The molecular formula is C19H22N2O5S. The van der Waals surface area contributed by atoms with E-state index in [-0.39, 0.29) is 22.8 Å². The number of aliphatic carboxylic acids is 1. The highest BCUT2D eigenvalue weighted by atomic mass is 32.2. The first kappa shape index (κ1) is 20.6. The standard InChI is InChI=1S/C19H22N2O5S/c1-3-21(2)18(22)15-10-7-11-16(13-15)27(25,26)20-17(19(23)24)12-14-8-5-4-6-9-14/h4-11,13,17,20H,3,12H2,1-2H3,(H,23,24)/t17-/m0/s1. The van der Waals surface area contributed by atoms with Crippen molar-refractivity contribution in [1.29, 1.82) is 0 Å². The zero-order chi connectivity index (χ0) is 20.0. The predicted molar refractivity (Wildman–Crippen MR) is 101 cm³/mol. The molecule has 2 aromatic rings. The van der Waals surface area contributed by atoms with Gasteiger partial charge in [-0.15, -0.1) is 0 Å². The Morgan fingerprint density at radius 2 is 1.78 bits per heavy atom. The summed E-state index contributed by atoms with van der Waals surface area (Å²) in [5, 5.41) is 9.40. The number of nitrogens with zero attached hydrogens (tertiary/aromatic N) is 1. The van der Waals surface area contributed by atoms with Crippen LogP contribution in [0.25, 0.3) is 0 Å². The molecule has 2 rings (SSSR count). The third-order valence-corrected chi connectivity index (χ3v) is 5.56. The molecule has 0 fully saturated rings. The summed E-state index contributed by atoms with van der Waals surface area (Å²) in [5.41, 5.74) is 0.915. The van der Waals surface area contributed by atoms with Gasteiger partial charge in [-0.1, -0.05) is 36.4 Å². The van der Waals surface area contributed by atoms with Gasteiger partial charge >= 0.3 is 5.97 Å². The summed E-state index contributed by atoms with van der Waals surface area (Å²) in [4.78, 5) is 25.1. The maximum Gasteiger partial charge on any atom is 0.322 e. The van der Waals surface area contributed by atoms with E-state index in [1.807, 2.05) is 0 Å². The van der Waals surface area contributed by atoms with Crippen LogP contribution in [0.2, 0.25) is 0 Å². The lowest BCUT2D eigenvalue weighted by molar-refractivity contribution is -0.138. The van der Waals surface area contributed by atoms with Gasteiger partial charge in [0.25, 0.3) is 5.91 Å². The van der Waals surface area contributed by atoms with Crippen LogP contribution in [-0.4, -0.2) is 49.9 Å². The third kappa shape index (κ3) is 5.38. The maximum atomic E-state index is 12.7. The second-order valence-corrected chi connectivity index (χ2v) is 7.76. The van der Waals surface area contributed by atoms with Crippen molar-refractivity contribution in [2.45, 2.75) is 24.3 Å². The highest BCUT2D eigenvalue weighted by Gasteiger charge is 2.26. The third-order valence-electron chi connectivity index (χ3n) is 4.09. The molecular weight excluding hydrogens is 368 g/mol. The van der Waals surface area contributed by atoms with Crippen molar-refractivity contribution in [3.05, 3.63) is 65.7 Å². The zero-order valence-corrected chi connectivity index (χ0v) is 15.9. The molecule has 0 saturated heterocycles. The normalized spacial score (nSPS) is 12.4. The topological polar surface area (TPSA) is 104 Å². The number of benzene rings is 2. The number of amides is 1. The van der Waals surface area contributed by atoms with Crippen LogP contribution in [0.5, 0.6) is 0 Å². The number of nitrogens with one attached hydrogen (secondary N) is 1. The molecule has 0 aromatic heterocycles. The smallest absolute Gasteiger partial charge is 0.322 e. The molecule has 2 aromatic carbocycles. The molecule has 0 aliphatic carbocycles. The van der Waals surface area contributed by atoms with Gasteiger partial charge in [-0.3, -0.25) is 9.59 Å². The minimum atomic E-state index is -4.11. The number of sulfonamides is 1. The highest BCUT2D eigenvalue weighted by molar-refractivity contribution is 7.89. The summed E-state index contributed by atoms with van der Waals surface area (Å²) < 4.78 is 27.5. The lowest BCUT2D eigenvalue weighted by Crippen LogP contribution is -2.42. The Balaban J connectivity index is 2.26. The molecule has 0 aliphatic heterocycles. The van der Waals surface area contributed by atoms with Crippen molar-refractivity contribution in [3.8, 4) is 0 Å². The minimum absolute atomic E-state index is 0.00654. The molecule has 0 radical (unpaired) electrons. The lowest BCUT2D eigenvalue weighted by atomic mass is 10.1. The van der Waals surface area contributed by atoms with Gasteiger partial charge in [0.2, 0.25) is 10.0 Å². The van der Waals surface area contributed by atoms with Gasteiger partial charge in [-0.2, -0.15) is 4.72 Å². The Kier molecular flexibility index (Phi) is 6.70. The average molecular weight is 390 g/mol. The van der Waals surface area contributed by atoms with Crippen molar-refractivity contribution in [2.75, 3.05) is 13.6 Å². The molecule has 0 saturated carbocycles. The molecule has 2 N–H and O–H groups in total. The Labute approximate surface area is 158 Å². The largest absolute Gasteiger partial charge is 0.480 e. The van der Waals surface area contributed by atoms with Gasteiger partial charge in [0.1, 0.15) is 6.04 Å². The molecule has 0 bridgehead atoms. The van der Waals surface area contributed by atoms with Crippen molar-refractivity contribution in [1.82, 2.24) is 9.62 Å². The van der Waals surface area contributed by atoms with Gasteiger partial charge in [0.15, 0.2) is 0 Å². The number of carboxylic acid groups (broad SMARTS) is 1. The molecule has 7 nitrogen and oxygen atoms in total. The number of hydrogen-bond acceptors (Lipinski definition) is 4. The van der Waals surface area contributed by atoms with Gasteiger partial charge in [-0.25, -0.2) is 8.42 Å². The SMILES string of the molecule is CCN(C)C(=O)c1cccc(S(=O)(=O)N[C@@H](Cc2ccccc2)C(=O)O)c1. The van der Waals surface area contributed by atoms with Crippen molar-refractivity contribution in [3.63, 3.8) is 0 Å². The Hall–Kier alpha value is -2.71. The summed E-state index contributed by atoms with van der Waals surface area (Å²) in [6.07, 6.45) is 0.00654. The maximum absolute atomic E-state index is 12.7. The molecule has 144 valence electrons. The van der Waals surface area contributed by atoms with Crippen LogP contribution in [0.3, 0.4) is 0 Å². The zero-order valence-electron chi connectivity index (χ0n) is 15.1. The van der Waals surface area contributed by atoms with Gasteiger partial charge in [0, 0.05) is 19.2 Å². The Morgan fingerprint density at radius 3 is 2.37 bits per heavy atom. The van der Waals surface area contributed by atoms with E-state index in [2.05, 4.69) is 4.72 Å². The van der Waals surface area contributed by atoms with E-state index in [0.717, 1.165) is 0 Å². The van der Waals surface area contributed by atoms with Gasteiger partial charge in [0.05, 0.1) is 4.90 Å². The summed E-state index contributed by atoms with van der Waals surface area (Å²) in [6.45, 7) is 2.29. The first-order valence-corrected chi connectivity index (χ1v) is 9.87. The van der Waals surface area contributed by atoms with Crippen LogP contribution < -0.4 is 4.72 Å². The van der Waals surface area contributed by atoms with E-state index in [9.17, 15) is 23.1 Å². The number of hydrogen-bond donors (Lipinski definition) is 2. The van der Waals surface area contributed by atoms with Crippen LogP contribution in [-0.2, 0) is 21.2 Å². The van der Waals surface area contributed by atoms with E-state index in [4.69, 9.17) is 0 Å². The molecule has 0 aliphatic rings. The van der Waals surface area contributed by atoms with Crippen molar-refractivity contribution in [2.24, 2.45) is 0 Å². The first-order valence-electron chi connectivity index (χ1n) is 8.39. The number of carboxylic acids is 1. The fraction of sp³-hybridized carbons (Fsp3) is 0.263. The first-order chi connectivity index (χ1) is 12.7. The Bertz CT molecular complexity index is 913.